The fourth-order valence-corrected chi connectivity index (χ4v) is 3.80. The highest BCUT2D eigenvalue weighted by Crippen LogP contribution is 2.40. The van der Waals surface area contributed by atoms with Crippen LogP contribution < -0.4 is 0 Å². The Labute approximate surface area is 135 Å². The van der Waals surface area contributed by atoms with E-state index in [0.717, 1.165) is 36.7 Å². The predicted molar refractivity (Wildman–Crippen MR) is 88.2 cm³/mol. The second kappa shape index (κ2) is 6.93. The van der Waals surface area contributed by atoms with Crippen LogP contribution in [0, 0.1) is 11.3 Å². The normalized spacial score (nSPS) is 26.0. The number of halogens is 1. The summed E-state index contributed by atoms with van der Waals surface area (Å²) in [6, 6.07) is 8.21. The first kappa shape index (κ1) is 16.5. The molecule has 2 atom stereocenters. The molecule has 1 aromatic carbocycles. The molecular formula is C17H24BrNO2. The SMILES string of the molecule is CC1CCCC(CN(C)Cc2ccc(Br)cc2)(C(=O)O)C1. The van der Waals surface area contributed by atoms with Crippen molar-refractivity contribution < 1.29 is 9.90 Å². The first-order chi connectivity index (χ1) is 9.91. The number of aliphatic carboxylic acids is 1. The van der Waals surface area contributed by atoms with Crippen LogP contribution >= 0.6 is 15.9 Å². The van der Waals surface area contributed by atoms with Crippen LogP contribution in [0.5, 0.6) is 0 Å². The lowest BCUT2D eigenvalue weighted by Crippen LogP contribution is -2.44. The maximum atomic E-state index is 11.8. The zero-order valence-electron chi connectivity index (χ0n) is 12.8. The van der Waals surface area contributed by atoms with Gasteiger partial charge in [-0.25, -0.2) is 0 Å². The van der Waals surface area contributed by atoms with Crippen LogP contribution in [-0.2, 0) is 11.3 Å². The van der Waals surface area contributed by atoms with Crippen molar-refractivity contribution in [2.75, 3.05) is 13.6 Å². The van der Waals surface area contributed by atoms with Crippen molar-refractivity contribution in [1.29, 1.82) is 0 Å². The van der Waals surface area contributed by atoms with Crippen LogP contribution in [0.15, 0.2) is 28.7 Å². The number of carbonyl (C=O) groups is 1. The monoisotopic (exact) mass is 353 g/mol. The fraction of sp³-hybridized carbons (Fsp3) is 0.588. The minimum absolute atomic E-state index is 0.510. The Morgan fingerprint density at radius 1 is 1.43 bits per heavy atom. The van der Waals surface area contributed by atoms with E-state index in [1.807, 2.05) is 19.2 Å². The van der Waals surface area contributed by atoms with E-state index in [-0.39, 0.29) is 0 Å². The lowest BCUT2D eigenvalue weighted by molar-refractivity contribution is -0.153. The van der Waals surface area contributed by atoms with Gasteiger partial charge in [0.25, 0.3) is 0 Å². The molecule has 0 saturated heterocycles. The molecule has 3 nitrogen and oxygen atoms in total. The smallest absolute Gasteiger partial charge is 0.310 e. The van der Waals surface area contributed by atoms with E-state index < -0.39 is 11.4 Å². The zero-order chi connectivity index (χ0) is 15.5. The Morgan fingerprint density at radius 2 is 2.10 bits per heavy atom. The highest BCUT2D eigenvalue weighted by atomic mass is 79.9. The van der Waals surface area contributed by atoms with Gasteiger partial charge in [0.1, 0.15) is 0 Å². The van der Waals surface area contributed by atoms with Crippen molar-refractivity contribution in [3.63, 3.8) is 0 Å². The Morgan fingerprint density at radius 3 is 2.67 bits per heavy atom. The molecule has 21 heavy (non-hydrogen) atoms. The molecule has 0 aromatic heterocycles. The molecule has 0 aliphatic heterocycles. The predicted octanol–water partition coefficient (Wildman–Crippen LogP) is 4.16. The van der Waals surface area contributed by atoms with E-state index in [1.54, 1.807) is 0 Å². The van der Waals surface area contributed by atoms with Gasteiger partial charge in [0, 0.05) is 17.6 Å². The van der Waals surface area contributed by atoms with Gasteiger partial charge in [0.2, 0.25) is 0 Å². The summed E-state index contributed by atoms with van der Waals surface area (Å²) in [6.07, 6.45) is 3.79. The number of carboxylic acid groups (broad SMARTS) is 1. The van der Waals surface area contributed by atoms with Crippen molar-refractivity contribution in [2.45, 2.75) is 39.2 Å². The third-order valence-corrected chi connectivity index (χ3v) is 5.01. The highest BCUT2D eigenvalue weighted by Gasteiger charge is 2.42. The quantitative estimate of drug-likeness (QED) is 0.863. The lowest BCUT2D eigenvalue weighted by atomic mass is 9.69. The highest BCUT2D eigenvalue weighted by molar-refractivity contribution is 9.10. The van der Waals surface area contributed by atoms with Crippen molar-refractivity contribution in [3.8, 4) is 0 Å². The number of benzene rings is 1. The van der Waals surface area contributed by atoms with E-state index in [9.17, 15) is 9.90 Å². The van der Waals surface area contributed by atoms with Gasteiger partial charge in [-0.2, -0.15) is 0 Å². The summed E-state index contributed by atoms with van der Waals surface area (Å²) in [5, 5.41) is 9.73. The van der Waals surface area contributed by atoms with Crippen molar-refractivity contribution >= 4 is 21.9 Å². The standard InChI is InChI=1S/C17H24BrNO2/c1-13-4-3-9-17(10-13,16(20)21)12-19(2)11-14-5-7-15(18)8-6-14/h5-8,13H,3-4,9-12H2,1-2H3,(H,20,21). The number of rotatable bonds is 5. The summed E-state index contributed by atoms with van der Waals surface area (Å²) in [6.45, 7) is 3.59. The topological polar surface area (TPSA) is 40.5 Å². The summed E-state index contributed by atoms with van der Waals surface area (Å²) in [5.74, 6) is -0.118. The van der Waals surface area contributed by atoms with Crippen LogP contribution in [0.1, 0.15) is 38.2 Å². The van der Waals surface area contributed by atoms with Gasteiger partial charge in [-0.05, 0) is 43.5 Å². The average molecular weight is 354 g/mol. The van der Waals surface area contributed by atoms with Gasteiger partial charge >= 0.3 is 5.97 Å². The molecule has 0 heterocycles. The van der Waals surface area contributed by atoms with Crippen molar-refractivity contribution in [2.24, 2.45) is 11.3 Å². The molecule has 0 radical (unpaired) electrons. The van der Waals surface area contributed by atoms with Gasteiger partial charge in [-0.1, -0.05) is 47.8 Å². The Bertz CT molecular complexity index is 488. The lowest BCUT2D eigenvalue weighted by Gasteiger charge is -2.39. The summed E-state index contributed by atoms with van der Waals surface area (Å²) in [4.78, 5) is 14.0. The minimum Gasteiger partial charge on any atom is -0.481 e. The Balaban J connectivity index is 2.03. The molecule has 2 rings (SSSR count). The number of hydrogen-bond acceptors (Lipinski definition) is 2. The Kier molecular flexibility index (Phi) is 5.44. The molecular weight excluding hydrogens is 330 g/mol. The van der Waals surface area contributed by atoms with E-state index in [2.05, 4.69) is 39.9 Å². The third-order valence-electron chi connectivity index (χ3n) is 4.48. The van der Waals surface area contributed by atoms with E-state index in [4.69, 9.17) is 0 Å². The molecule has 1 saturated carbocycles. The van der Waals surface area contributed by atoms with Gasteiger partial charge in [-0.3, -0.25) is 4.79 Å². The van der Waals surface area contributed by atoms with Crippen molar-refractivity contribution in [3.05, 3.63) is 34.3 Å². The summed E-state index contributed by atoms with van der Waals surface area (Å²) in [7, 11) is 2.02. The average Bonchev–Trinajstić information content (AvgIpc) is 2.41. The molecule has 2 unspecified atom stereocenters. The first-order valence-corrected chi connectivity index (χ1v) is 8.37. The summed E-state index contributed by atoms with van der Waals surface area (Å²) in [5.41, 5.74) is 0.645. The second-order valence-corrected chi connectivity index (χ2v) is 7.50. The molecule has 0 amide bonds. The molecule has 0 bridgehead atoms. The number of hydrogen-bond donors (Lipinski definition) is 1. The van der Waals surface area contributed by atoms with Crippen LogP contribution in [0.2, 0.25) is 0 Å². The van der Waals surface area contributed by atoms with Crippen LogP contribution in [0.4, 0.5) is 0 Å². The maximum absolute atomic E-state index is 11.8. The summed E-state index contributed by atoms with van der Waals surface area (Å²) >= 11 is 3.43. The molecule has 1 fully saturated rings. The number of nitrogens with zero attached hydrogens (tertiary/aromatic N) is 1. The van der Waals surface area contributed by atoms with E-state index in [0.29, 0.717) is 12.5 Å². The van der Waals surface area contributed by atoms with Crippen LogP contribution in [-0.4, -0.2) is 29.6 Å². The fourth-order valence-electron chi connectivity index (χ4n) is 3.54. The molecule has 0 spiro atoms. The molecule has 1 aliphatic carbocycles. The van der Waals surface area contributed by atoms with Gasteiger partial charge in [-0.15, -0.1) is 0 Å². The van der Waals surface area contributed by atoms with E-state index >= 15 is 0 Å². The van der Waals surface area contributed by atoms with Gasteiger partial charge in [0.05, 0.1) is 5.41 Å². The molecule has 1 aliphatic rings. The minimum atomic E-state index is -0.628. The molecule has 116 valence electrons. The molecule has 1 N–H and O–H groups in total. The van der Waals surface area contributed by atoms with Crippen LogP contribution in [0.3, 0.4) is 0 Å². The second-order valence-electron chi connectivity index (χ2n) is 6.59. The molecule has 1 aromatic rings. The van der Waals surface area contributed by atoms with Gasteiger partial charge in [0.15, 0.2) is 0 Å². The van der Waals surface area contributed by atoms with Crippen LogP contribution in [0.25, 0.3) is 0 Å². The largest absolute Gasteiger partial charge is 0.481 e. The first-order valence-electron chi connectivity index (χ1n) is 7.58. The zero-order valence-corrected chi connectivity index (χ0v) is 14.4. The van der Waals surface area contributed by atoms with Crippen molar-refractivity contribution in [1.82, 2.24) is 4.90 Å². The summed E-state index contributed by atoms with van der Waals surface area (Å²) < 4.78 is 1.07. The third kappa shape index (κ3) is 4.30. The number of carboxylic acids is 1. The maximum Gasteiger partial charge on any atom is 0.310 e. The molecule has 4 heteroatoms. The van der Waals surface area contributed by atoms with E-state index in [1.165, 1.54) is 5.56 Å². The van der Waals surface area contributed by atoms with Gasteiger partial charge < -0.3 is 10.0 Å². The Hall–Kier alpha value is -0.870.